The van der Waals surface area contributed by atoms with Crippen LogP contribution in [0.3, 0.4) is 0 Å². The van der Waals surface area contributed by atoms with Crippen molar-refractivity contribution in [2.75, 3.05) is 23.7 Å². The average molecular weight is 494 g/mol. The molecule has 0 amide bonds. The van der Waals surface area contributed by atoms with E-state index in [9.17, 15) is 0 Å². The number of nitrogens with zero attached hydrogens (tertiary/aromatic N) is 4. The van der Waals surface area contributed by atoms with Crippen LogP contribution in [0, 0.1) is 20.8 Å². The molecule has 3 aromatic rings. The van der Waals surface area contributed by atoms with E-state index in [4.69, 9.17) is 11.6 Å². The first-order valence-corrected chi connectivity index (χ1v) is 13.3. The maximum Gasteiger partial charge on any atom is 0.229 e. The van der Waals surface area contributed by atoms with Crippen LogP contribution in [0.5, 0.6) is 0 Å². The number of nitrogens with one attached hydrogen (secondary N) is 3. The molecule has 0 spiro atoms. The highest BCUT2D eigenvalue weighted by molar-refractivity contribution is 6.32. The number of aryl methyl sites for hydroxylation is 3. The molecule has 7 nitrogen and oxygen atoms in total. The highest BCUT2D eigenvalue weighted by Gasteiger charge is 2.28. The van der Waals surface area contributed by atoms with Gasteiger partial charge in [0, 0.05) is 23.5 Å². The van der Waals surface area contributed by atoms with Crippen LogP contribution in [0.1, 0.15) is 73.2 Å². The smallest absolute Gasteiger partial charge is 0.229 e. The number of piperidine rings is 1. The molecule has 186 valence electrons. The Morgan fingerprint density at radius 2 is 1.71 bits per heavy atom. The van der Waals surface area contributed by atoms with Crippen LogP contribution in [-0.4, -0.2) is 44.2 Å². The van der Waals surface area contributed by atoms with E-state index in [1.807, 2.05) is 13.0 Å². The Morgan fingerprint density at radius 1 is 0.943 bits per heavy atom. The Labute approximate surface area is 213 Å². The molecule has 1 aliphatic carbocycles. The molecule has 5 rings (SSSR count). The van der Waals surface area contributed by atoms with E-state index in [0.717, 1.165) is 17.4 Å². The van der Waals surface area contributed by atoms with Crippen LogP contribution in [0.4, 0.5) is 23.3 Å². The number of likely N-dealkylation sites (tertiary alicyclic amines) is 1. The van der Waals surface area contributed by atoms with Gasteiger partial charge in [-0.1, -0.05) is 24.1 Å². The Hall–Kier alpha value is -2.64. The van der Waals surface area contributed by atoms with Crippen molar-refractivity contribution >= 4 is 34.9 Å². The highest BCUT2D eigenvalue weighted by atomic mass is 35.5. The van der Waals surface area contributed by atoms with Crippen molar-refractivity contribution in [3.63, 3.8) is 0 Å². The molecule has 0 bridgehead atoms. The Kier molecular flexibility index (Phi) is 7.25. The predicted molar refractivity (Wildman–Crippen MR) is 143 cm³/mol. The van der Waals surface area contributed by atoms with Gasteiger partial charge in [-0.25, -0.2) is 4.98 Å². The summed E-state index contributed by atoms with van der Waals surface area (Å²) in [7, 11) is 0. The lowest BCUT2D eigenvalue weighted by atomic mass is 9.79. The normalized spacial score (nSPS) is 21.1. The lowest BCUT2D eigenvalue weighted by molar-refractivity contribution is 0.125. The summed E-state index contributed by atoms with van der Waals surface area (Å²) in [5.41, 5.74) is 6.02. The monoisotopic (exact) mass is 493 g/mol. The zero-order valence-electron chi connectivity index (χ0n) is 21.0. The number of halogens is 1. The van der Waals surface area contributed by atoms with Crippen molar-refractivity contribution < 1.29 is 0 Å². The van der Waals surface area contributed by atoms with Crippen LogP contribution in [0.2, 0.25) is 5.02 Å². The predicted octanol–water partition coefficient (Wildman–Crippen LogP) is 6.78. The molecule has 35 heavy (non-hydrogen) atoms. The fraction of sp³-hybridized carbons (Fsp3) is 0.519. The maximum atomic E-state index is 6.32. The molecular weight excluding hydrogens is 458 g/mol. The quantitative estimate of drug-likeness (QED) is 0.351. The van der Waals surface area contributed by atoms with E-state index in [-0.39, 0.29) is 0 Å². The molecule has 2 aliphatic rings. The molecule has 2 aromatic heterocycles. The zero-order valence-corrected chi connectivity index (χ0v) is 21.8. The number of rotatable bonds is 6. The van der Waals surface area contributed by atoms with E-state index in [1.54, 1.807) is 6.20 Å². The Balaban J connectivity index is 1.26. The minimum atomic E-state index is 0.444. The maximum absolute atomic E-state index is 6.32. The second-order valence-corrected chi connectivity index (χ2v) is 10.6. The largest absolute Gasteiger partial charge is 0.324 e. The molecule has 1 saturated heterocycles. The molecular formula is C27H36ClN7. The second kappa shape index (κ2) is 10.5. The summed E-state index contributed by atoms with van der Waals surface area (Å²) in [6.07, 6.45) is 11.0. The third-order valence-corrected chi connectivity index (χ3v) is 7.88. The third kappa shape index (κ3) is 5.62. The van der Waals surface area contributed by atoms with Crippen molar-refractivity contribution in [3.8, 4) is 0 Å². The molecule has 0 radical (unpaired) electrons. The molecule has 8 heteroatoms. The second-order valence-electron chi connectivity index (χ2n) is 10.2. The van der Waals surface area contributed by atoms with E-state index < -0.39 is 0 Å². The number of aromatic amines is 1. The van der Waals surface area contributed by atoms with Gasteiger partial charge in [0.05, 0.1) is 6.20 Å². The van der Waals surface area contributed by atoms with E-state index in [2.05, 4.69) is 61.7 Å². The summed E-state index contributed by atoms with van der Waals surface area (Å²) >= 11 is 6.32. The lowest BCUT2D eigenvalue weighted by Crippen LogP contribution is -2.41. The van der Waals surface area contributed by atoms with Gasteiger partial charge in [-0.15, -0.1) is 0 Å². The van der Waals surface area contributed by atoms with Crippen molar-refractivity contribution in [2.24, 2.45) is 0 Å². The van der Waals surface area contributed by atoms with Gasteiger partial charge in [0.1, 0.15) is 5.02 Å². The molecule has 3 heterocycles. The fourth-order valence-electron chi connectivity index (χ4n) is 5.69. The van der Waals surface area contributed by atoms with Crippen LogP contribution < -0.4 is 10.6 Å². The number of benzene rings is 1. The van der Waals surface area contributed by atoms with Gasteiger partial charge in [-0.2, -0.15) is 10.1 Å². The summed E-state index contributed by atoms with van der Waals surface area (Å²) in [5, 5.41) is 14.1. The molecule has 0 unspecified atom stereocenters. The first-order valence-electron chi connectivity index (χ1n) is 12.9. The highest BCUT2D eigenvalue weighted by Crippen LogP contribution is 2.38. The molecule has 1 aliphatic heterocycles. The minimum Gasteiger partial charge on any atom is -0.324 e. The van der Waals surface area contributed by atoms with Gasteiger partial charge in [0.2, 0.25) is 5.95 Å². The first-order chi connectivity index (χ1) is 17.0. The van der Waals surface area contributed by atoms with Gasteiger partial charge >= 0.3 is 0 Å². The average Bonchev–Trinajstić information content (AvgIpc) is 3.28. The van der Waals surface area contributed by atoms with Crippen LogP contribution >= 0.6 is 11.6 Å². The van der Waals surface area contributed by atoms with Gasteiger partial charge in [0.25, 0.3) is 0 Å². The van der Waals surface area contributed by atoms with Crippen LogP contribution in [0.15, 0.2) is 24.4 Å². The SMILES string of the molecule is Cc1cc(Nc2nc(Nc3cc(C)c([C@H]4CC[C@H](N5CCCCC5)CC4)cc3C)ncc2Cl)n[nH]1. The van der Waals surface area contributed by atoms with Gasteiger partial charge < -0.3 is 15.5 Å². The topological polar surface area (TPSA) is 81.8 Å². The third-order valence-electron chi connectivity index (χ3n) is 7.60. The zero-order chi connectivity index (χ0) is 24.4. The number of aromatic nitrogens is 4. The van der Waals surface area contributed by atoms with Crippen LogP contribution in [0.25, 0.3) is 0 Å². The molecule has 1 aromatic carbocycles. The summed E-state index contributed by atoms with van der Waals surface area (Å²) in [4.78, 5) is 11.7. The fourth-order valence-corrected chi connectivity index (χ4v) is 5.83. The van der Waals surface area contributed by atoms with Crippen molar-refractivity contribution in [3.05, 3.63) is 51.8 Å². The van der Waals surface area contributed by atoms with Crippen molar-refractivity contribution in [1.82, 2.24) is 25.1 Å². The summed E-state index contributed by atoms with van der Waals surface area (Å²) in [5.74, 6) is 2.35. The minimum absolute atomic E-state index is 0.444. The Bertz CT molecular complexity index is 1160. The summed E-state index contributed by atoms with van der Waals surface area (Å²) < 4.78 is 0. The molecule has 3 N–H and O–H groups in total. The van der Waals surface area contributed by atoms with E-state index in [0.29, 0.717) is 28.5 Å². The van der Waals surface area contributed by atoms with Gasteiger partial charge in [0.15, 0.2) is 11.6 Å². The standard InChI is InChI=1S/C27H36ClN7/c1-17-14-24(30-27-29-16-23(28)26(32-27)31-25-15-19(3)33-34-25)18(2)13-22(17)20-7-9-21(10-8-20)35-11-5-4-6-12-35/h13-16,20-21H,4-12H2,1-3H3,(H3,29,30,31,32,33,34)/t20-,21-. The number of anilines is 4. The molecule has 2 fully saturated rings. The van der Waals surface area contributed by atoms with E-state index in [1.165, 1.54) is 74.7 Å². The van der Waals surface area contributed by atoms with Crippen molar-refractivity contribution in [1.29, 1.82) is 0 Å². The molecule has 1 saturated carbocycles. The molecule has 0 atom stereocenters. The number of H-pyrrole nitrogens is 1. The van der Waals surface area contributed by atoms with Gasteiger partial charge in [-0.05, 0) is 101 Å². The lowest BCUT2D eigenvalue weighted by Gasteiger charge is -2.39. The van der Waals surface area contributed by atoms with Crippen LogP contribution in [-0.2, 0) is 0 Å². The first kappa shape index (κ1) is 24.1. The van der Waals surface area contributed by atoms with E-state index >= 15 is 0 Å². The van der Waals surface area contributed by atoms with Gasteiger partial charge in [-0.3, -0.25) is 5.10 Å². The summed E-state index contributed by atoms with van der Waals surface area (Å²) in [6.45, 7) is 8.94. The number of hydrogen-bond donors (Lipinski definition) is 3. The number of hydrogen-bond acceptors (Lipinski definition) is 6. The van der Waals surface area contributed by atoms with Crippen molar-refractivity contribution in [2.45, 2.75) is 77.7 Å². The summed E-state index contributed by atoms with van der Waals surface area (Å²) in [6, 6.07) is 7.30. The Morgan fingerprint density at radius 3 is 2.43 bits per heavy atom.